The number of hydrogen-bond donors (Lipinski definition) is 1. The van der Waals surface area contributed by atoms with E-state index in [1.54, 1.807) is 25.6 Å². The van der Waals surface area contributed by atoms with Gasteiger partial charge in [-0.05, 0) is 11.4 Å². The van der Waals surface area contributed by atoms with Crippen LogP contribution >= 0.6 is 11.3 Å². The van der Waals surface area contributed by atoms with Crippen LogP contribution in [-0.4, -0.2) is 57.1 Å². The maximum absolute atomic E-state index is 10.1. The monoisotopic (exact) mass is 259 g/mol. The van der Waals surface area contributed by atoms with E-state index in [2.05, 4.69) is 4.90 Å². The summed E-state index contributed by atoms with van der Waals surface area (Å²) in [4.78, 5) is 3.15. The molecule has 1 N–H and O–H groups in total. The highest BCUT2D eigenvalue weighted by molar-refractivity contribution is 7.10. The van der Waals surface area contributed by atoms with Gasteiger partial charge in [0.2, 0.25) is 0 Å². The van der Waals surface area contributed by atoms with E-state index in [4.69, 9.17) is 9.47 Å². The number of nitrogens with zero attached hydrogens (tertiary/aromatic N) is 1. The van der Waals surface area contributed by atoms with Crippen molar-refractivity contribution in [3.05, 3.63) is 22.4 Å². The average Bonchev–Trinajstić information content (AvgIpc) is 2.86. The fourth-order valence-corrected chi connectivity index (χ4v) is 2.25. The second-order valence-electron chi connectivity index (χ2n) is 3.82. The molecule has 1 atom stereocenters. The zero-order chi connectivity index (χ0) is 12.5. The van der Waals surface area contributed by atoms with E-state index >= 15 is 0 Å². The van der Waals surface area contributed by atoms with E-state index < -0.39 is 6.10 Å². The van der Waals surface area contributed by atoms with Gasteiger partial charge in [0, 0.05) is 38.7 Å². The Morgan fingerprint density at radius 1 is 1.29 bits per heavy atom. The quantitative estimate of drug-likeness (QED) is 0.727. The zero-order valence-corrected chi connectivity index (χ0v) is 11.3. The largest absolute Gasteiger partial charge is 0.386 e. The predicted molar refractivity (Wildman–Crippen MR) is 69.5 cm³/mol. The standard InChI is InChI=1S/C12H21NO3S/c1-15-7-5-13(6-8-16-2)10-11(14)12-4-3-9-17-12/h3-4,9,11,14H,5-8,10H2,1-2H3. The molecule has 0 fully saturated rings. The smallest absolute Gasteiger partial charge is 0.101 e. The number of ether oxygens (including phenoxy) is 2. The summed E-state index contributed by atoms with van der Waals surface area (Å²) in [6.07, 6.45) is -0.427. The highest BCUT2D eigenvalue weighted by atomic mass is 32.1. The van der Waals surface area contributed by atoms with E-state index in [0.717, 1.165) is 18.0 Å². The lowest BCUT2D eigenvalue weighted by atomic mass is 10.2. The lowest BCUT2D eigenvalue weighted by Gasteiger charge is -2.23. The van der Waals surface area contributed by atoms with Crippen LogP contribution in [0.1, 0.15) is 11.0 Å². The third-order valence-electron chi connectivity index (χ3n) is 2.53. The lowest BCUT2D eigenvalue weighted by Crippen LogP contribution is -2.34. The van der Waals surface area contributed by atoms with Gasteiger partial charge in [-0.2, -0.15) is 0 Å². The van der Waals surface area contributed by atoms with Gasteiger partial charge < -0.3 is 14.6 Å². The van der Waals surface area contributed by atoms with Crippen LogP contribution < -0.4 is 0 Å². The molecule has 5 heteroatoms. The summed E-state index contributed by atoms with van der Waals surface area (Å²) in [6, 6.07) is 3.91. The first-order valence-electron chi connectivity index (χ1n) is 5.69. The third kappa shape index (κ3) is 5.61. The van der Waals surface area contributed by atoms with Crippen LogP contribution in [0.4, 0.5) is 0 Å². The molecule has 0 radical (unpaired) electrons. The molecule has 0 aliphatic carbocycles. The Balaban J connectivity index is 2.40. The van der Waals surface area contributed by atoms with Crippen molar-refractivity contribution >= 4 is 11.3 Å². The molecular weight excluding hydrogens is 238 g/mol. The van der Waals surface area contributed by atoms with Gasteiger partial charge in [-0.15, -0.1) is 11.3 Å². The number of rotatable bonds is 9. The van der Waals surface area contributed by atoms with Crippen molar-refractivity contribution in [2.24, 2.45) is 0 Å². The molecule has 1 aromatic heterocycles. The van der Waals surface area contributed by atoms with E-state index in [0.29, 0.717) is 19.8 Å². The molecule has 0 aliphatic rings. The number of hydrogen-bond acceptors (Lipinski definition) is 5. The number of thiophene rings is 1. The molecule has 0 amide bonds. The molecule has 0 saturated carbocycles. The molecule has 1 heterocycles. The summed E-state index contributed by atoms with van der Waals surface area (Å²) in [5, 5.41) is 12.0. The molecule has 98 valence electrons. The van der Waals surface area contributed by atoms with Crippen LogP contribution in [0, 0.1) is 0 Å². The van der Waals surface area contributed by atoms with Crippen molar-refractivity contribution in [3.63, 3.8) is 0 Å². The first-order chi connectivity index (χ1) is 8.27. The van der Waals surface area contributed by atoms with Crippen molar-refractivity contribution in [3.8, 4) is 0 Å². The second kappa shape index (κ2) is 8.60. The second-order valence-corrected chi connectivity index (χ2v) is 4.80. The van der Waals surface area contributed by atoms with Crippen molar-refractivity contribution < 1.29 is 14.6 Å². The molecular formula is C12H21NO3S. The van der Waals surface area contributed by atoms with E-state index in [1.165, 1.54) is 0 Å². The number of aliphatic hydroxyl groups excluding tert-OH is 1. The summed E-state index contributed by atoms with van der Waals surface area (Å²) < 4.78 is 10.1. The first-order valence-corrected chi connectivity index (χ1v) is 6.57. The highest BCUT2D eigenvalue weighted by Crippen LogP contribution is 2.19. The maximum Gasteiger partial charge on any atom is 0.101 e. The van der Waals surface area contributed by atoms with E-state index in [9.17, 15) is 5.11 Å². The Bertz CT molecular complexity index is 271. The molecule has 1 rings (SSSR count). The summed E-state index contributed by atoms with van der Waals surface area (Å²) in [5.41, 5.74) is 0. The third-order valence-corrected chi connectivity index (χ3v) is 3.50. The van der Waals surface area contributed by atoms with Crippen molar-refractivity contribution in [2.45, 2.75) is 6.10 Å². The van der Waals surface area contributed by atoms with Gasteiger partial charge in [0.1, 0.15) is 6.10 Å². The molecule has 4 nitrogen and oxygen atoms in total. The highest BCUT2D eigenvalue weighted by Gasteiger charge is 2.13. The van der Waals surface area contributed by atoms with Crippen LogP contribution in [0.5, 0.6) is 0 Å². The lowest BCUT2D eigenvalue weighted by molar-refractivity contribution is 0.0710. The van der Waals surface area contributed by atoms with Gasteiger partial charge in [0.15, 0.2) is 0 Å². The zero-order valence-electron chi connectivity index (χ0n) is 10.5. The van der Waals surface area contributed by atoms with E-state index in [-0.39, 0.29) is 0 Å². The van der Waals surface area contributed by atoms with Gasteiger partial charge in [-0.3, -0.25) is 4.90 Å². The van der Waals surface area contributed by atoms with Gasteiger partial charge in [0.05, 0.1) is 13.2 Å². The van der Waals surface area contributed by atoms with Crippen LogP contribution in [-0.2, 0) is 9.47 Å². The molecule has 0 saturated heterocycles. The molecule has 1 aromatic rings. The predicted octanol–water partition coefficient (Wildman–Crippen LogP) is 1.38. The van der Waals surface area contributed by atoms with Gasteiger partial charge in [-0.1, -0.05) is 6.07 Å². The van der Waals surface area contributed by atoms with Gasteiger partial charge in [-0.25, -0.2) is 0 Å². The van der Waals surface area contributed by atoms with Crippen LogP contribution in [0.15, 0.2) is 17.5 Å². The maximum atomic E-state index is 10.1. The Kier molecular flexibility index (Phi) is 7.39. The molecule has 17 heavy (non-hydrogen) atoms. The normalized spacial score (nSPS) is 13.2. The average molecular weight is 259 g/mol. The molecule has 0 spiro atoms. The molecule has 0 bridgehead atoms. The SMILES string of the molecule is COCCN(CCOC)CC(O)c1cccs1. The summed E-state index contributed by atoms with van der Waals surface area (Å²) in [5.74, 6) is 0. The summed E-state index contributed by atoms with van der Waals surface area (Å²) >= 11 is 1.58. The number of aliphatic hydroxyl groups is 1. The van der Waals surface area contributed by atoms with Gasteiger partial charge in [0.25, 0.3) is 0 Å². The minimum absolute atomic E-state index is 0.427. The fourth-order valence-electron chi connectivity index (χ4n) is 1.55. The van der Waals surface area contributed by atoms with Crippen LogP contribution in [0.3, 0.4) is 0 Å². The minimum atomic E-state index is -0.427. The van der Waals surface area contributed by atoms with Crippen molar-refractivity contribution in [1.29, 1.82) is 0 Å². The van der Waals surface area contributed by atoms with Crippen LogP contribution in [0.2, 0.25) is 0 Å². The Labute approximate surface area is 107 Å². The summed E-state index contributed by atoms with van der Waals surface area (Å²) in [7, 11) is 3.37. The first kappa shape index (κ1) is 14.6. The topological polar surface area (TPSA) is 41.9 Å². The fraction of sp³-hybridized carbons (Fsp3) is 0.667. The molecule has 0 aromatic carbocycles. The number of methoxy groups -OCH3 is 2. The Morgan fingerprint density at radius 3 is 2.41 bits per heavy atom. The Hall–Kier alpha value is -0.460. The minimum Gasteiger partial charge on any atom is -0.386 e. The van der Waals surface area contributed by atoms with Crippen LogP contribution in [0.25, 0.3) is 0 Å². The van der Waals surface area contributed by atoms with Gasteiger partial charge >= 0.3 is 0 Å². The van der Waals surface area contributed by atoms with Crippen molar-refractivity contribution in [2.75, 3.05) is 47.1 Å². The molecule has 1 unspecified atom stereocenters. The molecule has 0 aliphatic heterocycles. The van der Waals surface area contributed by atoms with E-state index in [1.807, 2.05) is 17.5 Å². The Morgan fingerprint density at radius 2 is 1.94 bits per heavy atom. The summed E-state index contributed by atoms with van der Waals surface area (Å²) in [6.45, 7) is 3.57. The van der Waals surface area contributed by atoms with Crippen molar-refractivity contribution in [1.82, 2.24) is 4.90 Å².